The Hall–Kier alpha value is -5.44. The first-order valence-electron chi connectivity index (χ1n) is 16.9. The number of ether oxygens (including phenoxy) is 3. The van der Waals surface area contributed by atoms with Crippen LogP contribution in [0.3, 0.4) is 0 Å². The predicted molar refractivity (Wildman–Crippen MR) is 202 cm³/mol. The summed E-state index contributed by atoms with van der Waals surface area (Å²) in [5, 5.41) is 7.70. The molecule has 0 unspecified atom stereocenters. The first kappa shape index (κ1) is 35.9. The van der Waals surface area contributed by atoms with E-state index in [1.54, 1.807) is 55.8 Å². The number of nitrogens with zero attached hydrogens (tertiary/aromatic N) is 5. The van der Waals surface area contributed by atoms with Crippen LogP contribution in [0.25, 0.3) is 27.5 Å². The lowest BCUT2D eigenvalue weighted by molar-refractivity contribution is 0.102. The lowest BCUT2D eigenvalue weighted by atomic mass is 10.1. The molecule has 0 radical (unpaired) electrons. The van der Waals surface area contributed by atoms with Gasteiger partial charge in [-0.15, -0.1) is 0 Å². The molecule has 1 saturated heterocycles. The second-order valence-electron chi connectivity index (χ2n) is 12.6. The molecule has 7 rings (SSSR count). The van der Waals surface area contributed by atoms with Gasteiger partial charge in [0.15, 0.2) is 28.8 Å². The van der Waals surface area contributed by atoms with E-state index in [9.17, 15) is 14.0 Å². The van der Waals surface area contributed by atoms with Crippen LogP contribution in [0.5, 0.6) is 23.0 Å². The number of fused-ring (bicyclic) bond motifs is 2. The molecule has 4 aromatic carbocycles. The van der Waals surface area contributed by atoms with Crippen LogP contribution < -0.4 is 25.0 Å². The molecule has 272 valence electrons. The third-order valence-electron chi connectivity index (χ3n) is 9.01. The fourth-order valence-electron chi connectivity index (χ4n) is 6.16. The number of benzene rings is 4. The Morgan fingerprint density at radius 1 is 0.906 bits per heavy atom. The predicted octanol–water partition coefficient (Wildman–Crippen LogP) is 7.04. The molecule has 0 atom stereocenters. The van der Waals surface area contributed by atoms with Crippen molar-refractivity contribution in [2.45, 2.75) is 6.42 Å². The maximum Gasteiger partial charge on any atom is 0.280 e. The van der Waals surface area contributed by atoms with Gasteiger partial charge in [-0.2, -0.15) is 5.10 Å². The molecular weight excluding hydrogens is 750 g/mol. The molecule has 11 nitrogen and oxygen atoms in total. The average Bonchev–Trinajstić information content (AvgIpc) is 3.15. The first-order valence-corrected chi connectivity index (χ1v) is 17.7. The minimum atomic E-state index is -0.856. The molecule has 0 aliphatic carbocycles. The van der Waals surface area contributed by atoms with Crippen molar-refractivity contribution in [3.63, 3.8) is 0 Å². The Morgan fingerprint density at radius 2 is 1.72 bits per heavy atom. The van der Waals surface area contributed by atoms with E-state index < -0.39 is 28.7 Å². The molecule has 3 heterocycles. The van der Waals surface area contributed by atoms with Gasteiger partial charge in [0.25, 0.3) is 5.91 Å². The summed E-state index contributed by atoms with van der Waals surface area (Å²) in [6.07, 6.45) is 2.42. The SMILES string of the molecule is COc1cc2c(Oc3ccc(NC(=O)c4nn(-c5ccc(F)cc5Br)c5ccccc5c4=O)cc3F)ccnc2cc1OCCCN1CCN(C)CC1. The number of anilines is 1. The van der Waals surface area contributed by atoms with Crippen molar-refractivity contribution >= 4 is 49.3 Å². The number of hydrogen-bond donors (Lipinski definition) is 1. The van der Waals surface area contributed by atoms with Crippen LogP contribution in [-0.4, -0.2) is 84.0 Å². The number of pyridine rings is 1. The number of piperazine rings is 1. The molecule has 0 spiro atoms. The van der Waals surface area contributed by atoms with Crippen molar-refractivity contribution in [2.24, 2.45) is 0 Å². The summed E-state index contributed by atoms with van der Waals surface area (Å²) in [4.78, 5) is 36.1. The van der Waals surface area contributed by atoms with Gasteiger partial charge in [0.05, 0.1) is 35.8 Å². The van der Waals surface area contributed by atoms with Crippen molar-refractivity contribution < 1.29 is 27.8 Å². The monoisotopic (exact) mass is 784 g/mol. The van der Waals surface area contributed by atoms with E-state index in [0.29, 0.717) is 50.4 Å². The highest BCUT2D eigenvalue weighted by Gasteiger charge is 2.21. The molecule has 1 aliphatic rings. The quantitative estimate of drug-likeness (QED) is 0.138. The maximum absolute atomic E-state index is 15.5. The second kappa shape index (κ2) is 15.7. The number of para-hydroxylation sites is 1. The molecular formula is C39H35BrF2N6O5. The van der Waals surface area contributed by atoms with E-state index in [4.69, 9.17) is 14.2 Å². The number of hydrogen-bond acceptors (Lipinski definition) is 9. The minimum absolute atomic E-state index is 0.0689. The highest BCUT2D eigenvalue weighted by molar-refractivity contribution is 9.10. The smallest absolute Gasteiger partial charge is 0.280 e. The van der Waals surface area contributed by atoms with Crippen LogP contribution in [0.4, 0.5) is 14.5 Å². The lowest BCUT2D eigenvalue weighted by Crippen LogP contribution is -2.44. The van der Waals surface area contributed by atoms with Crippen LogP contribution in [0.1, 0.15) is 16.9 Å². The number of halogens is 3. The molecule has 0 bridgehead atoms. The third kappa shape index (κ3) is 7.84. The minimum Gasteiger partial charge on any atom is -0.493 e. The van der Waals surface area contributed by atoms with Gasteiger partial charge < -0.3 is 29.3 Å². The van der Waals surface area contributed by atoms with Crippen LogP contribution in [-0.2, 0) is 0 Å². The summed E-state index contributed by atoms with van der Waals surface area (Å²) in [5.41, 5.74) is 0.410. The molecule has 0 saturated carbocycles. The fraction of sp³-hybridized carbons (Fsp3) is 0.231. The topological polar surface area (TPSA) is 111 Å². The Kier molecular flexibility index (Phi) is 10.6. The zero-order valence-corrected chi connectivity index (χ0v) is 30.5. The molecule has 1 amide bonds. The Bertz CT molecular complexity index is 2380. The number of amides is 1. The van der Waals surface area contributed by atoms with Crippen LogP contribution in [0.15, 0.2) is 94.3 Å². The van der Waals surface area contributed by atoms with E-state index in [1.807, 2.05) is 0 Å². The van der Waals surface area contributed by atoms with Gasteiger partial charge in [-0.25, -0.2) is 13.5 Å². The van der Waals surface area contributed by atoms with Gasteiger partial charge in [0.2, 0.25) is 5.43 Å². The highest BCUT2D eigenvalue weighted by Crippen LogP contribution is 2.38. The zero-order valence-electron chi connectivity index (χ0n) is 28.9. The highest BCUT2D eigenvalue weighted by atomic mass is 79.9. The van der Waals surface area contributed by atoms with E-state index >= 15 is 4.39 Å². The number of carbonyl (C=O) groups excluding carboxylic acids is 1. The number of nitrogens with one attached hydrogen (secondary N) is 1. The first-order chi connectivity index (χ1) is 25.7. The number of rotatable bonds is 11. The molecule has 1 fully saturated rings. The standard InChI is InChI=1S/C39H35BrF2N6O5/c1-46-15-17-47(18-16-46)14-5-19-52-36-23-30-27(22-35(36)51-2)33(12-13-43-30)53-34-11-9-25(21-29(34)42)44-39(50)37-38(49)26-6-3-4-7-31(26)48(45-37)32-10-8-24(41)20-28(32)40/h3-4,6-13,20-23H,5,14-19H2,1-2H3,(H,44,50). The summed E-state index contributed by atoms with van der Waals surface area (Å²) in [6, 6.07) is 19.6. The molecule has 6 aromatic rings. The molecule has 14 heteroatoms. The molecule has 1 N–H and O–H groups in total. The van der Waals surface area contributed by atoms with E-state index in [0.717, 1.165) is 45.2 Å². The van der Waals surface area contributed by atoms with E-state index in [2.05, 4.69) is 48.2 Å². The lowest BCUT2D eigenvalue weighted by Gasteiger charge is -2.32. The van der Waals surface area contributed by atoms with Crippen molar-refractivity contribution in [3.8, 4) is 28.7 Å². The maximum atomic E-state index is 15.5. The number of methoxy groups -OCH3 is 1. The van der Waals surface area contributed by atoms with Gasteiger partial charge in [-0.3, -0.25) is 14.6 Å². The van der Waals surface area contributed by atoms with Gasteiger partial charge in [0.1, 0.15) is 11.6 Å². The van der Waals surface area contributed by atoms with Crippen LogP contribution >= 0.6 is 15.9 Å². The third-order valence-corrected chi connectivity index (χ3v) is 9.65. The van der Waals surface area contributed by atoms with Gasteiger partial charge in [-0.1, -0.05) is 12.1 Å². The largest absolute Gasteiger partial charge is 0.493 e. The summed E-state index contributed by atoms with van der Waals surface area (Å²) in [7, 11) is 3.68. The van der Waals surface area contributed by atoms with Crippen molar-refractivity contribution in [1.82, 2.24) is 24.6 Å². The van der Waals surface area contributed by atoms with Crippen molar-refractivity contribution in [3.05, 3.63) is 117 Å². The summed E-state index contributed by atoms with van der Waals surface area (Å²) < 4.78 is 48.8. The van der Waals surface area contributed by atoms with E-state index in [1.165, 1.54) is 35.0 Å². The molecule has 53 heavy (non-hydrogen) atoms. The van der Waals surface area contributed by atoms with Crippen molar-refractivity contribution in [2.75, 3.05) is 58.8 Å². The van der Waals surface area contributed by atoms with Gasteiger partial charge in [-0.05, 0) is 84.0 Å². The average molecular weight is 786 g/mol. The normalized spacial score (nSPS) is 13.7. The van der Waals surface area contributed by atoms with Gasteiger partial charge >= 0.3 is 0 Å². The summed E-state index contributed by atoms with van der Waals surface area (Å²) in [6.45, 7) is 5.68. The number of likely N-dealkylation sites (N-methyl/N-ethyl adjacent to an activating group) is 1. The summed E-state index contributed by atoms with van der Waals surface area (Å²) in [5.74, 6) is -0.833. The number of carbonyl (C=O) groups is 1. The van der Waals surface area contributed by atoms with Crippen LogP contribution in [0.2, 0.25) is 0 Å². The Balaban J connectivity index is 1.08. The van der Waals surface area contributed by atoms with Gasteiger partial charge in [0, 0.05) is 66.6 Å². The Morgan fingerprint density at radius 3 is 2.49 bits per heavy atom. The van der Waals surface area contributed by atoms with Crippen LogP contribution in [0, 0.1) is 11.6 Å². The molecule has 1 aliphatic heterocycles. The molecule has 2 aromatic heterocycles. The Labute approximate surface area is 311 Å². The second-order valence-corrected chi connectivity index (χ2v) is 13.4. The zero-order chi connectivity index (χ0) is 37.1. The van der Waals surface area contributed by atoms with Crippen molar-refractivity contribution in [1.29, 1.82) is 0 Å². The van der Waals surface area contributed by atoms with E-state index in [-0.39, 0.29) is 16.8 Å². The fourth-order valence-corrected chi connectivity index (χ4v) is 6.68. The summed E-state index contributed by atoms with van der Waals surface area (Å²) >= 11 is 3.34. The number of aromatic nitrogens is 3.